The van der Waals surface area contributed by atoms with Crippen LogP contribution in [0.4, 0.5) is 0 Å². The fraction of sp³-hybridized carbons (Fsp3) is 0.133. The Labute approximate surface area is 147 Å². The monoisotopic (exact) mass is 378 g/mol. The first kappa shape index (κ1) is 17.3. The molecule has 0 saturated carbocycles. The Morgan fingerprint density at radius 2 is 2.00 bits per heavy atom. The molecule has 2 N–H and O–H groups in total. The molecule has 0 radical (unpaired) electrons. The zero-order chi connectivity index (χ0) is 18.0. The fourth-order valence-electron chi connectivity index (χ4n) is 2.19. The van der Waals surface area contributed by atoms with Crippen LogP contribution in [0.1, 0.15) is 28.5 Å². The predicted octanol–water partition coefficient (Wildman–Crippen LogP) is 2.07. The van der Waals surface area contributed by atoms with E-state index in [1.54, 1.807) is 31.2 Å². The van der Waals surface area contributed by atoms with Gasteiger partial charge in [0, 0.05) is 5.38 Å². The molecule has 1 atom stereocenters. The maximum atomic E-state index is 12.7. The second-order valence-electron chi connectivity index (χ2n) is 5.14. The van der Waals surface area contributed by atoms with Gasteiger partial charge in [-0.15, -0.1) is 11.3 Å². The van der Waals surface area contributed by atoms with E-state index >= 15 is 0 Å². The van der Waals surface area contributed by atoms with Crippen molar-refractivity contribution in [3.63, 3.8) is 0 Å². The van der Waals surface area contributed by atoms with Gasteiger partial charge in [0.05, 0.1) is 17.9 Å². The van der Waals surface area contributed by atoms with Crippen molar-refractivity contribution in [2.45, 2.75) is 18.0 Å². The Kier molecular flexibility index (Phi) is 4.66. The van der Waals surface area contributed by atoms with Crippen LogP contribution in [0.2, 0.25) is 0 Å². The molecule has 0 aliphatic carbocycles. The second kappa shape index (κ2) is 6.75. The second-order valence-corrected chi connectivity index (χ2v) is 7.69. The molecule has 0 amide bonds. The summed E-state index contributed by atoms with van der Waals surface area (Å²) >= 11 is 1.08. The number of hydrogen-bond donors (Lipinski definition) is 2. The largest absolute Gasteiger partial charge is 0.476 e. The van der Waals surface area contributed by atoms with Gasteiger partial charge in [0.1, 0.15) is 5.01 Å². The molecule has 0 aliphatic heterocycles. The summed E-state index contributed by atoms with van der Waals surface area (Å²) in [6.07, 6.45) is 1.40. The van der Waals surface area contributed by atoms with Gasteiger partial charge < -0.3 is 5.11 Å². The number of hydrogen-bond acceptors (Lipinski definition) is 6. The van der Waals surface area contributed by atoms with E-state index in [4.69, 9.17) is 5.11 Å². The first-order valence-electron chi connectivity index (χ1n) is 7.19. The van der Waals surface area contributed by atoms with Crippen molar-refractivity contribution in [3.05, 3.63) is 58.7 Å². The Balaban J connectivity index is 1.87. The molecule has 0 spiro atoms. The van der Waals surface area contributed by atoms with Crippen LogP contribution in [0.15, 0.2) is 53.0 Å². The predicted molar refractivity (Wildman–Crippen MR) is 91.4 cm³/mol. The summed E-state index contributed by atoms with van der Waals surface area (Å²) in [4.78, 5) is 14.8. The number of carboxylic acids is 1. The molecule has 8 nitrogen and oxygen atoms in total. The third kappa shape index (κ3) is 3.60. The lowest BCUT2D eigenvalue weighted by atomic mass is 10.3. The van der Waals surface area contributed by atoms with Crippen LogP contribution in [0.3, 0.4) is 0 Å². The minimum absolute atomic E-state index is 0.0134. The number of aromatic nitrogens is 3. The number of para-hydroxylation sites is 1. The summed E-state index contributed by atoms with van der Waals surface area (Å²) in [7, 11) is -3.88. The lowest BCUT2D eigenvalue weighted by molar-refractivity contribution is 0.0691. The number of sulfonamides is 1. The van der Waals surface area contributed by atoms with Crippen molar-refractivity contribution in [1.29, 1.82) is 0 Å². The van der Waals surface area contributed by atoms with Gasteiger partial charge in [-0.25, -0.2) is 27.6 Å². The summed E-state index contributed by atoms with van der Waals surface area (Å²) in [5.41, 5.74) is 0.503. The Bertz CT molecular complexity index is 995. The quantitative estimate of drug-likeness (QED) is 0.679. The van der Waals surface area contributed by atoms with Gasteiger partial charge in [0.15, 0.2) is 10.7 Å². The number of nitrogens with zero attached hydrogens (tertiary/aromatic N) is 3. The maximum Gasteiger partial charge on any atom is 0.355 e. The van der Waals surface area contributed by atoms with E-state index in [-0.39, 0.29) is 10.7 Å². The molecule has 2 aromatic heterocycles. The molecule has 0 bridgehead atoms. The average Bonchev–Trinajstić information content (AvgIpc) is 3.25. The van der Waals surface area contributed by atoms with Crippen molar-refractivity contribution in [2.24, 2.45) is 0 Å². The van der Waals surface area contributed by atoms with Crippen LogP contribution >= 0.6 is 11.3 Å². The molecule has 2 heterocycles. The summed E-state index contributed by atoms with van der Waals surface area (Å²) in [5.74, 6) is -1.15. The number of carbonyl (C=O) groups is 1. The first-order valence-corrected chi connectivity index (χ1v) is 9.55. The topological polar surface area (TPSA) is 114 Å². The normalized spacial score (nSPS) is 12.8. The van der Waals surface area contributed by atoms with Crippen molar-refractivity contribution in [1.82, 2.24) is 19.5 Å². The number of rotatable bonds is 6. The zero-order valence-electron chi connectivity index (χ0n) is 13.0. The number of benzene rings is 1. The van der Waals surface area contributed by atoms with Crippen molar-refractivity contribution in [2.75, 3.05) is 0 Å². The fourth-order valence-corrected chi connectivity index (χ4v) is 4.38. The molecule has 10 heteroatoms. The van der Waals surface area contributed by atoms with Gasteiger partial charge in [-0.05, 0) is 25.1 Å². The number of thiazole rings is 1. The van der Waals surface area contributed by atoms with Crippen molar-refractivity contribution >= 4 is 27.3 Å². The van der Waals surface area contributed by atoms with Gasteiger partial charge in [0.25, 0.3) is 10.0 Å². The smallest absolute Gasteiger partial charge is 0.355 e. The van der Waals surface area contributed by atoms with Gasteiger partial charge >= 0.3 is 5.97 Å². The number of carboxylic acid groups (broad SMARTS) is 1. The summed E-state index contributed by atoms with van der Waals surface area (Å²) in [6.45, 7) is 1.60. The molecule has 0 aliphatic rings. The molecule has 0 fully saturated rings. The van der Waals surface area contributed by atoms with Gasteiger partial charge in [-0.2, -0.15) is 5.10 Å². The van der Waals surface area contributed by atoms with Crippen LogP contribution in [0.25, 0.3) is 5.69 Å². The van der Waals surface area contributed by atoms with E-state index in [9.17, 15) is 13.2 Å². The van der Waals surface area contributed by atoms with Gasteiger partial charge in [-0.3, -0.25) is 0 Å². The molecule has 3 aromatic rings. The van der Waals surface area contributed by atoms with Gasteiger partial charge in [-0.1, -0.05) is 18.2 Å². The first-order chi connectivity index (χ1) is 11.9. The van der Waals surface area contributed by atoms with E-state index in [1.807, 2.05) is 6.07 Å². The molecule has 130 valence electrons. The van der Waals surface area contributed by atoms with Crippen LogP contribution in [0.5, 0.6) is 0 Å². The lowest BCUT2D eigenvalue weighted by Gasteiger charge is -2.13. The summed E-state index contributed by atoms with van der Waals surface area (Å²) < 4.78 is 29.2. The molecule has 1 unspecified atom stereocenters. The highest BCUT2D eigenvalue weighted by Gasteiger charge is 2.25. The lowest BCUT2D eigenvalue weighted by Crippen LogP contribution is -2.28. The Morgan fingerprint density at radius 1 is 1.28 bits per heavy atom. The van der Waals surface area contributed by atoms with Crippen LogP contribution < -0.4 is 4.72 Å². The van der Waals surface area contributed by atoms with E-state index < -0.39 is 22.0 Å². The van der Waals surface area contributed by atoms with Crippen molar-refractivity contribution < 1.29 is 18.3 Å². The molecule has 1 aromatic carbocycles. The standard InChI is InChI=1S/C15H14N4O4S2/c1-10(14-17-12(9-24-14)15(20)21)18-25(22,23)13-7-8-16-19(13)11-5-3-2-4-6-11/h2-10,18H,1H3,(H,20,21). The Hall–Kier alpha value is -2.56. The third-order valence-electron chi connectivity index (χ3n) is 3.33. The highest BCUT2D eigenvalue weighted by molar-refractivity contribution is 7.89. The van der Waals surface area contributed by atoms with Crippen LogP contribution in [-0.4, -0.2) is 34.3 Å². The highest BCUT2D eigenvalue weighted by Crippen LogP contribution is 2.22. The SMILES string of the molecule is CC(NS(=O)(=O)c1ccnn1-c1ccccc1)c1nc(C(=O)O)cs1. The molecule has 0 saturated heterocycles. The Morgan fingerprint density at radius 3 is 2.64 bits per heavy atom. The maximum absolute atomic E-state index is 12.7. The van der Waals surface area contributed by atoms with E-state index in [1.165, 1.54) is 22.3 Å². The van der Waals surface area contributed by atoms with Crippen molar-refractivity contribution in [3.8, 4) is 5.69 Å². The molecule has 25 heavy (non-hydrogen) atoms. The molecule has 3 rings (SSSR count). The minimum atomic E-state index is -3.88. The van der Waals surface area contributed by atoms with E-state index in [0.29, 0.717) is 10.7 Å². The molecular weight excluding hydrogens is 364 g/mol. The minimum Gasteiger partial charge on any atom is -0.476 e. The van der Waals surface area contributed by atoms with E-state index in [0.717, 1.165) is 11.3 Å². The number of aromatic carboxylic acids is 1. The average molecular weight is 378 g/mol. The summed E-state index contributed by atoms with van der Waals surface area (Å²) in [6, 6.07) is 9.60. The third-order valence-corrected chi connectivity index (χ3v) is 5.88. The highest BCUT2D eigenvalue weighted by atomic mass is 32.2. The van der Waals surface area contributed by atoms with E-state index in [2.05, 4.69) is 14.8 Å². The van der Waals surface area contributed by atoms with Crippen LogP contribution in [-0.2, 0) is 10.0 Å². The van der Waals surface area contributed by atoms with Crippen LogP contribution in [0, 0.1) is 0 Å². The zero-order valence-corrected chi connectivity index (χ0v) is 14.7. The number of nitrogens with one attached hydrogen (secondary N) is 1. The summed E-state index contributed by atoms with van der Waals surface area (Å²) in [5, 5.41) is 14.7. The molecular formula is C15H14N4O4S2. The van der Waals surface area contributed by atoms with Gasteiger partial charge in [0.2, 0.25) is 0 Å².